The van der Waals surface area contributed by atoms with Crippen molar-refractivity contribution in [2.75, 3.05) is 25.5 Å². The molecule has 2 aromatic rings. The highest BCUT2D eigenvalue weighted by atomic mass is 19.4. The minimum absolute atomic E-state index is 0.160. The number of benzene rings is 1. The summed E-state index contributed by atoms with van der Waals surface area (Å²) in [6, 6.07) is 9.77. The maximum atomic E-state index is 12.5. The van der Waals surface area contributed by atoms with Crippen LogP contribution in [0.15, 0.2) is 42.6 Å². The zero-order valence-electron chi connectivity index (χ0n) is 14.7. The van der Waals surface area contributed by atoms with Crippen LogP contribution in [0.5, 0.6) is 5.88 Å². The van der Waals surface area contributed by atoms with Gasteiger partial charge in [-0.2, -0.15) is 13.2 Å². The number of aromatic nitrogens is 1. The largest absolute Gasteiger partial charge is 0.467 e. The molecule has 0 radical (unpaired) electrons. The van der Waals surface area contributed by atoms with Crippen molar-refractivity contribution < 1.29 is 27.5 Å². The van der Waals surface area contributed by atoms with Crippen LogP contribution in [-0.4, -0.2) is 48.1 Å². The number of nitrogens with one attached hydrogen (secondary N) is 1. The van der Waals surface area contributed by atoms with Crippen LogP contribution in [0.1, 0.15) is 15.9 Å². The predicted molar refractivity (Wildman–Crippen MR) is 92.6 cm³/mol. The molecule has 144 valence electrons. The Balaban J connectivity index is 2.02. The summed E-state index contributed by atoms with van der Waals surface area (Å²) >= 11 is 0. The molecule has 0 fully saturated rings. The van der Waals surface area contributed by atoms with Crippen LogP contribution in [0, 0.1) is 6.92 Å². The molecule has 1 N–H and O–H groups in total. The van der Waals surface area contributed by atoms with E-state index in [2.05, 4.69) is 15.0 Å². The van der Waals surface area contributed by atoms with E-state index in [1.807, 2.05) is 19.1 Å². The van der Waals surface area contributed by atoms with Crippen LogP contribution < -0.4 is 10.1 Å². The molecule has 9 heteroatoms. The van der Waals surface area contributed by atoms with E-state index in [1.165, 1.54) is 25.4 Å². The Kier molecular flexibility index (Phi) is 6.38. The number of likely N-dealkylation sites (N-methyl/N-ethyl adjacent to an activating group) is 1. The minimum Gasteiger partial charge on any atom is -0.467 e. The van der Waals surface area contributed by atoms with Gasteiger partial charge in [-0.3, -0.25) is 9.59 Å². The summed E-state index contributed by atoms with van der Waals surface area (Å²) in [5, 5.41) is 2.64. The van der Waals surface area contributed by atoms with E-state index in [1.54, 1.807) is 12.1 Å². The fraction of sp³-hybridized carbons (Fsp3) is 0.278. The molecule has 1 aromatic carbocycles. The van der Waals surface area contributed by atoms with Gasteiger partial charge in [0, 0.05) is 18.9 Å². The lowest BCUT2D eigenvalue weighted by molar-refractivity contribution is -0.154. The predicted octanol–water partition coefficient (Wildman–Crippen LogP) is 3.04. The van der Waals surface area contributed by atoms with Gasteiger partial charge < -0.3 is 15.0 Å². The van der Waals surface area contributed by atoms with Gasteiger partial charge in [-0.1, -0.05) is 17.7 Å². The van der Waals surface area contributed by atoms with Gasteiger partial charge in [-0.15, -0.1) is 0 Å². The molecule has 1 aromatic heterocycles. The summed E-state index contributed by atoms with van der Waals surface area (Å²) < 4.78 is 41.6. The van der Waals surface area contributed by atoms with Crippen LogP contribution >= 0.6 is 0 Å². The first kappa shape index (κ1) is 20.2. The van der Waals surface area contributed by atoms with Gasteiger partial charge in [0.05, 0.1) is 6.54 Å². The van der Waals surface area contributed by atoms with Gasteiger partial charge in [0.2, 0.25) is 11.8 Å². The summed E-state index contributed by atoms with van der Waals surface area (Å²) in [5.74, 6) is -1.57. The Morgan fingerprint density at radius 1 is 1.19 bits per heavy atom. The molecule has 2 rings (SSSR count). The third kappa shape index (κ3) is 6.28. The Morgan fingerprint density at radius 3 is 2.48 bits per heavy atom. The summed E-state index contributed by atoms with van der Waals surface area (Å²) in [7, 11) is 1.36. The van der Waals surface area contributed by atoms with Gasteiger partial charge in [-0.25, -0.2) is 4.98 Å². The standard InChI is InChI=1S/C18H18F3N3O3/c1-12-5-7-13(8-6-12)23-15(25)10-24(2)17(26)14-4-3-9-22-16(14)27-11-18(19,20)21/h3-9H,10-11H2,1-2H3,(H,23,25). The van der Waals surface area contributed by atoms with Crippen molar-refractivity contribution in [3.8, 4) is 5.88 Å². The van der Waals surface area contributed by atoms with E-state index in [4.69, 9.17) is 0 Å². The summed E-state index contributed by atoms with van der Waals surface area (Å²) in [6.45, 7) is 0.0482. The van der Waals surface area contributed by atoms with Crippen molar-refractivity contribution >= 4 is 17.5 Å². The molecule has 1 heterocycles. The summed E-state index contributed by atoms with van der Waals surface area (Å²) in [5.41, 5.74) is 1.44. The number of ether oxygens (including phenoxy) is 1. The quantitative estimate of drug-likeness (QED) is 0.835. The fourth-order valence-electron chi connectivity index (χ4n) is 2.15. The average Bonchev–Trinajstić information content (AvgIpc) is 2.61. The van der Waals surface area contributed by atoms with E-state index in [9.17, 15) is 22.8 Å². The third-order valence-corrected chi connectivity index (χ3v) is 3.44. The number of carbonyl (C=O) groups excluding carboxylic acids is 2. The number of rotatable bonds is 6. The second kappa shape index (κ2) is 8.52. The normalized spacial score (nSPS) is 11.0. The van der Waals surface area contributed by atoms with E-state index >= 15 is 0 Å². The smallest absolute Gasteiger partial charge is 0.422 e. The summed E-state index contributed by atoms with van der Waals surface area (Å²) in [4.78, 5) is 29.3. The number of aryl methyl sites for hydroxylation is 1. The first-order chi connectivity index (χ1) is 12.7. The first-order valence-electron chi connectivity index (χ1n) is 7.92. The highest BCUT2D eigenvalue weighted by molar-refractivity contribution is 6.00. The first-order valence-corrected chi connectivity index (χ1v) is 7.92. The van der Waals surface area contributed by atoms with Crippen molar-refractivity contribution in [1.82, 2.24) is 9.88 Å². The molecule has 0 spiro atoms. The van der Waals surface area contributed by atoms with Gasteiger partial charge in [0.25, 0.3) is 5.91 Å². The zero-order valence-corrected chi connectivity index (χ0v) is 14.7. The Labute approximate surface area is 154 Å². The number of pyridine rings is 1. The number of halogens is 3. The molecule has 0 saturated heterocycles. The molecule has 2 amide bonds. The van der Waals surface area contributed by atoms with Crippen molar-refractivity contribution in [3.63, 3.8) is 0 Å². The number of anilines is 1. The van der Waals surface area contributed by atoms with Crippen LogP contribution in [0.3, 0.4) is 0 Å². The zero-order chi connectivity index (χ0) is 20.0. The highest BCUT2D eigenvalue weighted by Gasteiger charge is 2.30. The minimum atomic E-state index is -4.56. The number of hydrogen-bond acceptors (Lipinski definition) is 4. The summed E-state index contributed by atoms with van der Waals surface area (Å²) in [6.07, 6.45) is -3.34. The lowest BCUT2D eigenvalue weighted by atomic mass is 10.2. The fourth-order valence-corrected chi connectivity index (χ4v) is 2.15. The Hall–Kier alpha value is -3.10. The third-order valence-electron chi connectivity index (χ3n) is 3.44. The molecule has 0 atom stereocenters. The average molecular weight is 381 g/mol. The number of alkyl halides is 3. The molecule has 6 nitrogen and oxygen atoms in total. The van der Waals surface area contributed by atoms with Gasteiger partial charge in [-0.05, 0) is 31.2 Å². The molecule has 0 bridgehead atoms. The second-order valence-corrected chi connectivity index (χ2v) is 5.84. The van der Waals surface area contributed by atoms with Crippen LogP contribution in [0.4, 0.5) is 18.9 Å². The van der Waals surface area contributed by atoms with Gasteiger partial charge >= 0.3 is 6.18 Å². The molecule has 0 unspecified atom stereocenters. The van der Waals surface area contributed by atoms with Crippen molar-refractivity contribution in [3.05, 3.63) is 53.7 Å². The molecule has 0 aliphatic rings. The van der Waals surface area contributed by atoms with Crippen molar-refractivity contribution in [1.29, 1.82) is 0 Å². The Bertz CT molecular complexity index is 807. The maximum Gasteiger partial charge on any atom is 0.422 e. The van der Waals surface area contributed by atoms with Crippen LogP contribution in [-0.2, 0) is 4.79 Å². The van der Waals surface area contributed by atoms with Gasteiger partial charge in [0.15, 0.2) is 6.61 Å². The Morgan fingerprint density at radius 2 is 1.85 bits per heavy atom. The second-order valence-electron chi connectivity index (χ2n) is 5.84. The lowest BCUT2D eigenvalue weighted by Crippen LogP contribution is -2.35. The van der Waals surface area contributed by atoms with E-state index in [-0.39, 0.29) is 12.1 Å². The molecule has 27 heavy (non-hydrogen) atoms. The van der Waals surface area contributed by atoms with E-state index < -0.39 is 30.5 Å². The number of carbonyl (C=O) groups is 2. The van der Waals surface area contributed by atoms with Crippen LogP contribution in [0.2, 0.25) is 0 Å². The van der Waals surface area contributed by atoms with Crippen molar-refractivity contribution in [2.45, 2.75) is 13.1 Å². The van der Waals surface area contributed by atoms with E-state index in [0.29, 0.717) is 5.69 Å². The number of nitrogens with zero attached hydrogens (tertiary/aromatic N) is 2. The number of amides is 2. The number of hydrogen-bond donors (Lipinski definition) is 1. The highest BCUT2D eigenvalue weighted by Crippen LogP contribution is 2.21. The monoisotopic (exact) mass is 381 g/mol. The SMILES string of the molecule is Cc1ccc(NC(=O)CN(C)C(=O)c2cccnc2OCC(F)(F)F)cc1. The maximum absolute atomic E-state index is 12.5. The molecule has 0 aliphatic carbocycles. The molecule has 0 aliphatic heterocycles. The lowest BCUT2D eigenvalue weighted by Gasteiger charge is -2.18. The molecular formula is C18H18F3N3O3. The van der Waals surface area contributed by atoms with E-state index in [0.717, 1.165) is 10.5 Å². The topological polar surface area (TPSA) is 71.5 Å². The molecular weight excluding hydrogens is 363 g/mol. The van der Waals surface area contributed by atoms with Gasteiger partial charge in [0.1, 0.15) is 5.56 Å². The molecule has 0 saturated carbocycles. The van der Waals surface area contributed by atoms with Crippen molar-refractivity contribution in [2.24, 2.45) is 0 Å². The van der Waals surface area contributed by atoms with Crippen LogP contribution in [0.25, 0.3) is 0 Å².